The summed E-state index contributed by atoms with van der Waals surface area (Å²) in [7, 11) is 1.06. The third-order valence-corrected chi connectivity index (χ3v) is 3.16. The molecule has 0 amide bonds. The maximum atomic E-state index is 14.5. The second kappa shape index (κ2) is 7.13. The van der Waals surface area contributed by atoms with Gasteiger partial charge >= 0.3 is 11.9 Å². The second-order valence-electron chi connectivity index (χ2n) is 4.69. The number of carbonyl (C=O) groups is 1. The molecule has 1 atom stereocenters. The van der Waals surface area contributed by atoms with Crippen molar-refractivity contribution in [3.63, 3.8) is 0 Å². The number of ether oxygens (including phenoxy) is 2. The van der Waals surface area contributed by atoms with Crippen LogP contribution in [0.25, 0.3) is 0 Å². The van der Waals surface area contributed by atoms with E-state index in [1.807, 2.05) is 0 Å². The van der Waals surface area contributed by atoms with Crippen LogP contribution in [0.1, 0.15) is 11.1 Å². The molecule has 0 saturated carbocycles. The Bertz CT molecular complexity index is 600. The van der Waals surface area contributed by atoms with Crippen molar-refractivity contribution in [2.24, 2.45) is 0 Å². The molecule has 0 spiro atoms. The van der Waals surface area contributed by atoms with Crippen LogP contribution in [0, 0.1) is 0 Å². The van der Waals surface area contributed by atoms with Crippen molar-refractivity contribution in [1.82, 2.24) is 0 Å². The van der Waals surface area contributed by atoms with E-state index in [-0.39, 0.29) is 12.2 Å². The normalized spacial score (nSPS) is 12.7. The predicted octanol–water partition coefficient (Wildman–Crippen LogP) is 3.54. The Morgan fingerprint density at radius 1 is 1.05 bits per heavy atom. The van der Waals surface area contributed by atoms with Crippen molar-refractivity contribution >= 4 is 5.97 Å². The molecule has 0 fully saturated rings. The number of carbonyl (C=O) groups excluding carboxylic acids is 1. The Labute approximate surface area is 127 Å². The lowest BCUT2D eigenvalue weighted by atomic mass is 10.0. The predicted molar refractivity (Wildman–Crippen MR) is 77.4 cm³/mol. The van der Waals surface area contributed by atoms with Crippen molar-refractivity contribution in [3.8, 4) is 0 Å². The number of esters is 1. The molecule has 2 aromatic rings. The molecule has 0 radical (unpaired) electrons. The van der Waals surface area contributed by atoms with E-state index in [4.69, 9.17) is 4.74 Å². The third kappa shape index (κ3) is 3.68. The van der Waals surface area contributed by atoms with E-state index in [0.29, 0.717) is 5.56 Å². The van der Waals surface area contributed by atoms with E-state index in [1.54, 1.807) is 36.4 Å². The summed E-state index contributed by atoms with van der Waals surface area (Å²) in [6, 6.07) is 15.9. The summed E-state index contributed by atoms with van der Waals surface area (Å²) in [5.41, 5.74) is 0.402. The Hall–Kier alpha value is -2.27. The SMILES string of the molecule is COC(=O)[C@@H](OCc1ccccc1)C(F)(F)c1ccccc1. The lowest BCUT2D eigenvalue weighted by Crippen LogP contribution is -2.41. The summed E-state index contributed by atoms with van der Waals surface area (Å²) in [4.78, 5) is 11.7. The van der Waals surface area contributed by atoms with E-state index >= 15 is 0 Å². The van der Waals surface area contributed by atoms with Gasteiger partial charge in [0.05, 0.1) is 13.7 Å². The van der Waals surface area contributed by atoms with Gasteiger partial charge in [-0.2, -0.15) is 8.78 Å². The van der Waals surface area contributed by atoms with Crippen LogP contribution in [0.4, 0.5) is 8.78 Å². The van der Waals surface area contributed by atoms with Gasteiger partial charge in [0.1, 0.15) is 0 Å². The van der Waals surface area contributed by atoms with Crippen LogP contribution < -0.4 is 0 Å². The molecule has 0 heterocycles. The molecule has 0 bridgehead atoms. The molecule has 0 N–H and O–H groups in total. The van der Waals surface area contributed by atoms with Gasteiger partial charge in [0.15, 0.2) is 0 Å². The van der Waals surface area contributed by atoms with E-state index < -0.39 is 18.0 Å². The Morgan fingerprint density at radius 3 is 2.14 bits per heavy atom. The first-order valence-electron chi connectivity index (χ1n) is 6.72. The largest absolute Gasteiger partial charge is 0.467 e. The van der Waals surface area contributed by atoms with Crippen LogP contribution in [0.5, 0.6) is 0 Å². The molecule has 3 nitrogen and oxygen atoms in total. The van der Waals surface area contributed by atoms with Crippen molar-refractivity contribution in [1.29, 1.82) is 0 Å². The molecule has 0 aromatic heterocycles. The molecule has 5 heteroatoms. The summed E-state index contributed by atoms with van der Waals surface area (Å²) in [5.74, 6) is -4.59. The summed E-state index contributed by atoms with van der Waals surface area (Å²) in [6.45, 7) is -0.108. The second-order valence-corrected chi connectivity index (χ2v) is 4.69. The van der Waals surface area contributed by atoms with Crippen molar-refractivity contribution < 1.29 is 23.0 Å². The minimum Gasteiger partial charge on any atom is -0.467 e. The maximum Gasteiger partial charge on any atom is 0.341 e. The first-order valence-corrected chi connectivity index (χ1v) is 6.72. The number of methoxy groups -OCH3 is 1. The molecule has 0 aliphatic heterocycles. The summed E-state index contributed by atoms with van der Waals surface area (Å²) >= 11 is 0. The van der Waals surface area contributed by atoms with Gasteiger partial charge in [0.2, 0.25) is 6.10 Å². The standard InChI is InChI=1S/C17H16F2O3/c1-21-16(20)15(22-12-13-8-4-2-5-9-13)17(18,19)14-10-6-3-7-11-14/h2-11,15H,12H2,1H3/t15-/m1/s1. The van der Waals surface area contributed by atoms with E-state index in [1.165, 1.54) is 24.3 Å². The number of halogens is 2. The summed E-state index contributed by atoms with van der Waals surface area (Å²) in [5, 5.41) is 0. The van der Waals surface area contributed by atoms with Crippen molar-refractivity contribution in [2.45, 2.75) is 18.6 Å². The van der Waals surface area contributed by atoms with E-state index in [2.05, 4.69) is 4.74 Å². The van der Waals surface area contributed by atoms with Gasteiger partial charge in [-0.3, -0.25) is 0 Å². The highest BCUT2D eigenvalue weighted by Gasteiger charge is 2.47. The van der Waals surface area contributed by atoms with Crippen LogP contribution in [0.3, 0.4) is 0 Å². The number of hydrogen-bond acceptors (Lipinski definition) is 3. The lowest BCUT2D eigenvalue weighted by molar-refractivity contribution is -0.189. The number of benzene rings is 2. The smallest absolute Gasteiger partial charge is 0.341 e. The highest BCUT2D eigenvalue weighted by atomic mass is 19.3. The number of alkyl halides is 2. The third-order valence-electron chi connectivity index (χ3n) is 3.16. The van der Waals surface area contributed by atoms with E-state index in [9.17, 15) is 13.6 Å². The van der Waals surface area contributed by atoms with Gasteiger partial charge in [-0.1, -0.05) is 60.7 Å². The van der Waals surface area contributed by atoms with Crippen molar-refractivity contribution in [3.05, 3.63) is 71.8 Å². The average Bonchev–Trinajstić information content (AvgIpc) is 2.56. The minimum absolute atomic E-state index is 0.108. The first kappa shape index (κ1) is 16.1. The number of hydrogen-bond donors (Lipinski definition) is 0. The molecular weight excluding hydrogens is 290 g/mol. The number of rotatable bonds is 6. The molecule has 0 unspecified atom stereocenters. The Balaban J connectivity index is 2.20. The molecule has 2 aromatic carbocycles. The molecule has 0 aliphatic carbocycles. The maximum absolute atomic E-state index is 14.5. The summed E-state index contributed by atoms with van der Waals surface area (Å²) in [6.07, 6.45) is -2.00. The fraction of sp³-hybridized carbons (Fsp3) is 0.235. The summed E-state index contributed by atoms with van der Waals surface area (Å²) < 4.78 is 38.7. The monoisotopic (exact) mass is 306 g/mol. The Morgan fingerprint density at radius 2 is 1.59 bits per heavy atom. The first-order chi connectivity index (χ1) is 10.6. The molecule has 22 heavy (non-hydrogen) atoms. The highest BCUT2D eigenvalue weighted by molar-refractivity contribution is 5.76. The van der Waals surface area contributed by atoms with Crippen LogP contribution in [0.2, 0.25) is 0 Å². The zero-order valence-corrected chi connectivity index (χ0v) is 12.0. The quantitative estimate of drug-likeness (QED) is 0.766. The van der Waals surface area contributed by atoms with Gasteiger partial charge in [0, 0.05) is 5.56 Å². The van der Waals surface area contributed by atoms with Crippen molar-refractivity contribution in [2.75, 3.05) is 7.11 Å². The van der Waals surface area contributed by atoms with Crippen LogP contribution >= 0.6 is 0 Å². The van der Waals surface area contributed by atoms with Gasteiger partial charge in [-0.25, -0.2) is 4.79 Å². The topological polar surface area (TPSA) is 35.5 Å². The van der Waals surface area contributed by atoms with Gasteiger partial charge < -0.3 is 9.47 Å². The fourth-order valence-corrected chi connectivity index (χ4v) is 1.99. The molecule has 116 valence electrons. The zero-order valence-electron chi connectivity index (χ0n) is 12.0. The fourth-order valence-electron chi connectivity index (χ4n) is 1.99. The van der Waals surface area contributed by atoms with Crippen LogP contribution in [-0.2, 0) is 26.8 Å². The Kier molecular flexibility index (Phi) is 5.22. The average molecular weight is 306 g/mol. The van der Waals surface area contributed by atoms with E-state index in [0.717, 1.165) is 7.11 Å². The lowest BCUT2D eigenvalue weighted by Gasteiger charge is -2.25. The van der Waals surface area contributed by atoms with Crippen LogP contribution in [-0.4, -0.2) is 19.2 Å². The molecule has 0 aliphatic rings. The van der Waals surface area contributed by atoms with Gasteiger partial charge in [-0.15, -0.1) is 0 Å². The molecular formula is C17H16F2O3. The minimum atomic E-state index is -3.48. The molecule has 2 rings (SSSR count). The zero-order chi connectivity index (χ0) is 16.0. The van der Waals surface area contributed by atoms with Gasteiger partial charge in [-0.05, 0) is 5.56 Å². The van der Waals surface area contributed by atoms with Gasteiger partial charge in [0.25, 0.3) is 0 Å². The highest BCUT2D eigenvalue weighted by Crippen LogP contribution is 2.34. The molecule has 0 saturated heterocycles. The van der Waals surface area contributed by atoms with Crippen LogP contribution in [0.15, 0.2) is 60.7 Å².